The average molecular weight is 299 g/mol. The molecule has 0 radical (unpaired) electrons. The van der Waals surface area contributed by atoms with Crippen LogP contribution in [0.2, 0.25) is 0 Å². The first kappa shape index (κ1) is 13.6. The van der Waals surface area contributed by atoms with Crippen molar-refractivity contribution in [1.29, 1.82) is 0 Å². The minimum atomic E-state index is 0.119. The maximum atomic E-state index is 12.7. The van der Waals surface area contributed by atoms with Gasteiger partial charge in [-0.15, -0.1) is 0 Å². The Balaban J connectivity index is 1.43. The predicted molar refractivity (Wildman–Crippen MR) is 81.4 cm³/mol. The Hall–Kier alpha value is -2.04. The third kappa shape index (κ3) is 2.34. The van der Waals surface area contributed by atoms with Gasteiger partial charge < -0.3 is 13.9 Å². The SMILES string of the molecule is Cc1nccn1[C@@H]1CCCN(C(=O)[C@@H]2C[C@@H]2c2ccco2)C1. The van der Waals surface area contributed by atoms with Gasteiger partial charge in [-0.2, -0.15) is 0 Å². The van der Waals surface area contributed by atoms with E-state index in [0.717, 1.165) is 43.9 Å². The molecule has 1 aliphatic heterocycles. The molecule has 4 rings (SSSR count). The summed E-state index contributed by atoms with van der Waals surface area (Å²) in [5.74, 6) is 2.69. The molecule has 1 saturated heterocycles. The molecule has 5 nitrogen and oxygen atoms in total. The molecule has 1 saturated carbocycles. The van der Waals surface area contributed by atoms with Crippen molar-refractivity contribution in [3.05, 3.63) is 42.4 Å². The van der Waals surface area contributed by atoms with E-state index in [1.165, 1.54) is 0 Å². The molecule has 5 heteroatoms. The van der Waals surface area contributed by atoms with Crippen LogP contribution in [0.1, 0.15) is 42.8 Å². The number of aromatic nitrogens is 2. The predicted octanol–water partition coefficient (Wildman–Crippen LogP) is 2.75. The Kier molecular flexibility index (Phi) is 3.28. The van der Waals surface area contributed by atoms with Gasteiger partial charge in [-0.05, 0) is 38.3 Å². The fourth-order valence-electron chi connectivity index (χ4n) is 3.67. The van der Waals surface area contributed by atoms with Gasteiger partial charge in [-0.1, -0.05) is 0 Å². The summed E-state index contributed by atoms with van der Waals surface area (Å²) in [5, 5.41) is 0. The highest BCUT2D eigenvalue weighted by Gasteiger charge is 2.48. The summed E-state index contributed by atoms with van der Waals surface area (Å²) < 4.78 is 7.64. The first-order chi connectivity index (χ1) is 10.7. The van der Waals surface area contributed by atoms with Gasteiger partial charge in [0.05, 0.1) is 12.3 Å². The van der Waals surface area contributed by atoms with Gasteiger partial charge in [-0.25, -0.2) is 4.98 Å². The number of rotatable bonds is 3. The molecule has 2 fully saturated rings. The topological polar surface area (TPSA) is 51.3 Å². The van der Waals surface area contributed by atoms with Gasteiger partial charge in [0, 0.05) is 37.3 Å². The molecule has 3 heterocycles. The van der Waals surface area contributed by atoms with Crippen LogP contribution in [0.3, 0.4) is 0 Å². The van der Waals surface area contributed by atoms with Gasteiger partial charge in [0.1, 0.15) is 11.6 Å². The molecule has 116 valence electrons. The summed E-state index contributed by atoms with van der Waals surface area (Å²) in [6.07, 6.45) is 8.66. The summed E-state index contributed by atoms with van der Waals surface area (Å²) in [4.78, 5) is 19.1. The lowest BCUT2D eigenvalue weighted by atomic mass is 10.0. The van der Waals surface area contributed by atoms with Crippen LogP contribution in [0.15, 0.2) is 35.2 Å². The lowest BCUT2D eigenvalue weighted by Gasteiger charge is -2.34. The van der Waals surface area contributed by atoms with Crippen LogP contribution in [-0.4, -0.2) is 33.4 Å². The summed E-state index contributed by atoms with van der Waals surface area (Å²) in [7, 11) is 0. The number of carbonyl (C=O) groups is 1. The molecule has 2 aromatic rings. The number of furan rings is 1. The number of carbonyl (C=O) groups excluding carboxylic acids is 1. The molecule has 0 spiro atoms. The van der Waals surface area contributed by atoms with Crippen molar-refractivity contribution in [2.24, 2.45) is 5.92 Å². The highest BCUT2D eigenvalue weighted by atomic mass is 16.3. The van der Waals surface area contributed by atoms with Crippen molar-refractivity contribution in [3.63, 3.8) is 0 Å². The monoisotopic (exact) mass is 299 g/mol. The lowest BCUT2D eigenvalue weighted by molar-refractivity contribution is -0.134. The Morgan fingerprint density at radius 1 is 1.45 bits per heavy atom. The summed E-state index contributed by atoms with van der Waals surface area (Å²) >= 11 is 0. The maximum absolute atomic E-state index is 12.7. The molecule has 1 aliphatic carbocycles. The first-order valence-corrected chi connectivity index (χ1v) is 8.05. The number of aryl methyl sites for hydroxylation is 1. The van der Waals surface area contributed by atoms with E-state index < -0.39 is 0 Å². The average Bonchev–Trinajstić information content (AvgIpc) is 2.95. The second-order valence-corrected chi connectivity index (χ2v) is 6.43. The molecular weight excluding hydrogens is 278 g/mol. The van der Waals surface area contributed by atoms with E-state index in [-0.39, 0.29) is 11.8 Å². The largest absolute Gasteiger partial charge is 0.469 e. The van der Waals surface area contributed by atoms with Crippen LogP contribution in [0.25, 0.3) is 0 Å². The summed E-state index contributed by atoms with van der Waals surface area (Å²) in [6, 6.07) is 4.24. The highest BCUT2D eigenvalue weighted by Crippen LogP contribution is 2.49. The molecule has 0 bridgehead atoms. The zero-order valence-corrected chi connectivity index (χ0v) is 12.8. The molecule has 2 aromatic heterocycles. The van der Waals surface area contributed by atoms with Crippen molar-refractivity contribution in [1.82, 2.24) is 14.5 Å². The lowest BCUT2D eigenvalue weighted by Crippen LogP contribution is -2.41. The third-order valence-electron chi connectivity index (χ3n) is 4.98. The normalized spacial score (nSPS) is 27.9. The Labute approximate surface area is 129 Å². The Bertz CT molecular complexity index is 661. The van der Waals surface area contributed by atoms with Crippen LogP contribution < -0.4 is 0 Å². The van der Waals surface area contributed by atoms with Crippen molar-refractivity contribution in [2.75, 3.05) is 13.1 Å². The molecule has 0 aromatic carbocycles. The first-order valence-electron chi connectivity index (χ1n) is 8.05. The number of hydrogen-bond acceptors (Lipinski definition) is 3. The van der Waals surface area contributed by atoms with E-state index in [0.29, 0.717) is 11.9 Å². The minimum Gasteiger partial charge on any atom is -0.469 e. The second-order valence-electron chi connectivity index (χ2n) is 6.43. The number of imidazole rings is 1. The van der Waals surface area contributed by atoms with Gasteiger partial charge >= 0.3 is 0 Å². The molecule has 3 atom stereocenters. The van der Waals surface area contributed by atoms with Crippen LogP contribution >= 0.6 is 0 Å². The molecule has 2 aliphatic rings. The van der Waals surface area contributed by atoms with E-state index in [1.54, 1.807) is 6.26 Å². The smallest absolute Gasteiger partial charge is 0.226 e. The van der Waals surface area contributed by atoms with Crippen molar-refractivity contribution in [2.45, 2.75) is 38.1 Å². The molecular formula is C17H21N3O2. The molecule has 0 N–H and O–H groups in total. The Morgan fingerprint density at radius 2 is 2.36 bits per heavy atom. The van der Waals surface area contributed by atoms with Gasteiger partial charge in [0.15, 0.2) is 0 Å². The number of nitrogens with zero attached hydrogens (tertiary/aromatic N) is 3. The molecule has 1 amide bonds. The fraction of sp³-hybridized carbons (Fsp3) is 0.529. The van der Waals surface area contributed by atoms with E-state index in [1.807, 2.05) is 36.4 Å². The van der Waals surface area contributed by atoms with Crippen molar-refractivity contribution >= 4 is 5.91 Å². The quantitative estimate of drug-likeness (QED) is 0.875. The van der Waals surface area contributed by atoms with Crippen molar-refractivity contribution in [3.8, 4) is 0 Å². The van der Waals surface area contributed by atoms with Gasteiger partial charge in [0.2, 0.25) is 5.91 Å². The molecule has 0 unspecified atom stereocenters. The minimum absolute atomic E-state index is 0.119. The van der Waals surface area contributed by atoms with Crippen LogP contribution in [-0.2, 0) is 4.79 Å². The number of piperidine rings is 1. The van der Waals surface area contributed by atoms with Gasteiger partial charge in [-0.3, -0.25) is 4.79 Å². The van der Waals surface area contributed by atoms with Crippen LogP contribution in [0.5, 0.6) is 0 Å². The number of likely N-dealkylation sites (tertiary alicyclic amines) is 1. The molecule has 22 heavy (non-hydrogen) atoms. The summed E-state index contributed by atoms with van der Waals surface area (Å²) in [6.45, 7) is 3.70. The van der Waals surface area contributed by atoms with Crippen molar-refractivity contribution < 1.29 is 9.21 Å². The summed E-state index contributed by atoms with van der Waals surface area (Å²) in [5.41, 5.74) is 0. The standard InChI is InChI=1S/C17H21N3O2/c1-12-18-6-8-20(12)13-4-2-7-19(11-13)17(21)15-10-14(15)16-5-3-9-22-16/h3,5-6,8-9,13-15H,2,4,7,10-11H2,1H3/t13-,14+,15-/m1/s1. The van der Waals surface area contributed by atoms with Crippen LogP contribution in [0.4, 0.5) is 0 Å². The Morgan fingerprint density at radius 3 is 3.09 bits per heavy atom. The second kappa shape index (κ2) is 5.30. The highest BCUT2D eigenvalue weighted by molar-refractivity contribution is 5.83. The third-order valence-corrected chi connectivity index (χ3v) is 4.98. The van der Waals surface area contributed by atoms with Crippen LogP contribution in [0, 0.1) is 12.8 Å². The van der Waals surface area contributed by atoms with Gasteiger partial charge in [0.25, 0.3) is 0 Å². The fourth-order valence-corrected chi connectivity index (χ4v) is 3.67. The van der Waals surface area contributed by atoms with E-state index in [2.05, 4.69) is 9.55 Å². The van der Waals surface area contributed by atoms with E-state index in [4.69, 9.17) is 4.42 Å². The maximum Gasteiger partial charge on any atom is 0.226 e. The number of amides is 1. The number of hydrogen-bond donors (Lipinski definition) is 0. The zero-order valence-electron chi connectivity index (χ0n) is 12.8. The zero-order chi connectivity index (χ0) is 15.1. The van der Waals surface area contributed by atoms with E-state index in [9.17, 15) is 4.79 Å². The van der Waals surface area contributed by atoms with E-state index >= 15 is 0 Å².